The standard InChI is InChI=1S/C33H37ClN2O5S/c1-35(17-18-41-28-19-23-7-4-5-10-29(23)42-30-12-11-24(34)20-26(28)30)21-31(37)36-15-13-22(14-16-36)32(38)25-8-6-9-27(39-2)33(25)40-3/h4-12,19-20,22,32,38H,13-18,21H2,1-3H3/t32-/m1/s1. The van der Waals surface area contributed by atoms with Crippen LogP contribution in [0, 0.1) is 5.92 Å². The topological polar surface area (TPSA) is 71.5 Å². The van der Waals surface area contributed by atoms with Gasteiger partial charge in [-0.2, -0.15) is 0 Å². The van der Waals surface area contributed by atoms with Gasteiger partial charge in [0.05, 0.1) is 26.9 Å². The minimum Gasteiger partial charge on any atom is -0.493 e. The molecule has 1 atom stereocenters. The second-order valence-electron chi connectivity index (χ2n) is 10.6. The predicted octanol–water partition coefficient (Wildman–Crippen LogP) is 6.24. The number of fused-ring (bicyclic) bond motifs is 2. The molecule has 2 heterocycles. The summed E-state index contributed by atoms with van der Waals surface area (Å²) >= 11 is 8.04. The van der Waals surface area contributed by atoms with Crippen LogP contribution in [0.5, 0.6) is 11.5 Å². The number of amides is 1. The van der Waals surface area contributed by atoms with Gasteiger partial charge in [0.2, 0.25) is 5.91 Å². The molecule has 0 radical (unpaired) electrons. The molecule has 0 spiro atoms. The number of likely N-dealkylation sites (N-methyl/N-ethyl adjacent to an activating group) is 1. The molecule has 1 fully saturated rings. The Morgan fingerprint density at radius 1 is 1.07 bits per heavy atom. The third-order valence-electron chi connectivity index (χ3n) is 7.86. The number of likely N-dealkylation sites (tertiary alicyclic amines) is 1. The van der Waals surface area contributed by atoms with E-state index < -0.39 is 6.10 Å². The van der Waals surface area contributed by atoms with Crippen molar-refractivity contribution >= 4 is 41.1 Å². The van der Waals surface area contributed by atoms with Crippen LogP contribution in [-0.2, 0) is 9.53 Å². The number of nitrogens with zero attached hydrogens (tertiary/aromatic N) is 2. The number of aliphatic hydroxyl groups excluding tert-OH is 1. The Morgan fingerprint density at radius 2 is 1.86 bits per heavy atom. The van der Waals surface area contributed by atoms with E-state index in [0.29, 0.717) is 49.3 Å². The predicted molar refractivity (Wildman–Crippen MR) is 167 cm³/mol. The average molecular weight is 609 g/mol. The molecule has 1 saturated heterocycles. The highest BCUT2D eigenvalue weighted by atomic mass is 35.5. The number of carbonyl (C=O) groups excluding carboxylic acids is 1. The summed E-state index contributed by atoms with van der Waals surface area (Å²) in [5, 5.41) is 11.8. The molecule has 1 amide bonds. The number of hydrogen-bond donors (Lipinski definition) is 1. The maximum Gasteiger partial charge on any atom is 0.236 e. The van der Waals surface area contributed by atoms with Crippen molar-refractivity contribution in [3.05, 3.63) is 82.4 Å². The molecule has 222 valence electrons. The second kappa shape index (κ2) is 13.9. The third-order valence-corrected chi connectivity index (χ3v) is 9.26. The molecule has 1 N–H and O–H groups in total. The zero-order valence-corrected chi connectivity index (χ0v) is 25.8. The lowest BCUT2D eigenvalue weighted by Gasteiger charge is -2.35. The molecule has 7 nitrogen and oxygen atoms in total. The van der Waals surface area contributed by atoms with Gasteiger partial charge < -0.3 is 24.2 Å². The Labute approximate surface area is 257 Å². The van der Waals surface area contributed by atoms with Gasteiger partial charge in [0.25, 0.3) is 0 Å². The Hall–Kier alpha value is -3.17. The van der Waals surface area contributed by atoms with Crippen molar-refractivity contribution in [2.24, 2.45) is 5.92 Å². The van der Waals surface area contributed by atoms with E-state index >= 15 is 0 Å². The lowest BCUT2D eigenvalue weighted by Crippen LogP contribution is -2.44. The van der Waals surface area contributed by atoms with Crippen molar-refractivity contribution in [1.82, 2.24) is 9.80 Å². The summed E-state index contributed by atoms with van der Waals surface area (Å²) in [6.45, 7) is 2.56. The summed E-state index contributed by atoms with van der Waals surface area (Å²) in [6, 6.07) is 19.7. The fourth-order valence-electron chi connectivity index (χ4n) is 5.52. The summed E-state index contributed by atoms with van der Waals surface area (Å²) in [7, 11) is 5.10. The molecular weight excluding hydrogens is 572 g/mol. The Bertz CT molecular complexity index is 1440. The van der Waals surface area contributed by atoms with E-state index in [1.807, 2.05) is 65.4 Å². The number of hydrogen-bond acceptors (Lipinski definition) is 7. The van der Waals surface area contributed by atoms with Crippen LogP contribution in [0.25, 0.3) is 11.8 Å². The first kappa shape index (κ1) is 30.3. The maximum absolute atomic E-state index is 13.1. The minimum atomic E-state index is -0.684. The number of methoxy groups -OCH3 is 2. The highest BCUT2D eigenvalue weighted by molar-refractivity contribution is 7.99. The fraction of sp³-hybridized carbons (Fsp3) is 0.364. The molecule has 42 heavy (non-hydrogen) atoms. The van der Waals surface area contributed by atoms with Crippen LogP contribution >= 0.6 is 23.4 Å². The van der Waals surface area contributed by atoms with Gasteiger partial charge in [-0.3, -0.25) is 9.69 Å². The molecule has 0 aliphatic carbocycles. The van der Waals surface area contributed by atoms with Crippen LogP contribution in [0.2, 0.25) is 5.02 Å². The first-order valence-electron chi connectivity index (χ1n) is 14.1. The molecule has 0 bridgehead atoms. The first-order valence-corrected chi connectivity index (χ1v) is 15.3. The molecule has 5 rings (SSSR count). The summed E-state index contributed by atoms with van der Waals surface area (Å²) in [5.74, 6) is 2.05. The van der Waals surface area contributed by atoms with Crippen molar-refractivity contribution < 1.29 is 24.1 Å². The molecule has 0 unspecified atom stereocenters. The van der Waals surface area contributed by atoms with Gasteiger partial charge in [0.15, 0.2) is 11.5 Å². The minimum absolute atomic E-state index is 0.0358. The number of para-hydroxylation sites is 1. The molecule has 9 heteroatoms. The fourth-order valence-corrected chi connectivity index (χ4v) is 6.72. The first-order chi connectivity index (χ1) is 20.4. The van der Waals surface area contributed by atoms with Gasteiger partial charge >= 0.3 is 0 Å². The molecule has 3 aromatic carbocycles. The number of ether oxygens (including phenoxy) is 3. The number of piperidine rings is 1. The van der Waals surface area contributed by atoms with Gasteiger partial charge in [0.1, 0.15) is 12.4 Å². The van der Waals surface area contributed by atoms with Crippen molar-refractivity contribution in [3.8, 4) is 11.5 Å². The Balaban J connectivity index is 1.13. The van der Waals surface area contributed by atoms with E-state index in [1.54, 1.807) is 26.0 Å². The maximum atomic E-state index is 13.1. The highest BCUT2D eigenvalue weighted by Gasteiger charge is 2.31. The van der Waals surface area contributed by atoms with Crippen LogP contribution < -0.4 is 9.47 Å². The van der Waals surface area contributed by atoms with Gasteiger partial charge in [-0.15, -0.1) is 0 Å². The molecule has 3 aromatic rings. The monoisotopic (exact) mass is 608 g/mol. The van der Waals surface area contributed by atoms with E-state index in [9.17, 15) is 9.90 Å². The number of carbonyl (C=O) groups is 1. The van der Waals surface area contributed by atoms with Crippen LogP contribution in [0.3, 0.4) is 0 Å². The zero-order valence-electron chi connectivity index (χ0n) is 24.2. The summed E-state index contributed by atoms with van der Waals surface area (Å²) in [6.07, 6.45) is 2.82. The molecule has 0 aromatic heterocycles. The Morgan fingerprint density at radius 3 is 2.62 bits per heavy atom. The van der Waals surface area contributed by atoms with E-state index in [-0.39, 0.29) is 11.8 Å². The molecule has 2 aliphatic heterocycles. The van der Waals surface area contributed by atoms with Crippen LogP contribution in [0.4, 0.5) is 0 Å². The van der Waals surface area contributed by atoms with E-state index in [1.165, 1.54) is 4.90 Å². The van der Waals surface area contributed by atoms with Crippen molar-refractivity contribution in [1.29, 1.82) is 0 Å². The zero-order chi connectivity index (χ0) is 29.6. The van der Waals surface area contributed by atoms with Crippen LogP contribution in [0.15, 0.2) is 70.5 Å². The highest BCUT2D eigenvalue weighted by Crippen LogP contribution is 2.42. The molecule has 2 aliphatic rings. The van der Waals surface area contributed by atoms with Gasteiger partial charge in [0, 0.05) is 45.6 Å². The van der Waals surface area contributed by atoms with Gasteiger partial charge in [-0.25, -0.2) is 0 Å². The van der Waals surface area contributed by atoms with Crippen molar-refractivity contribution in [3.63, 3.8) is 0 Å². The Kier molecular flexibility index (Phi) is 10.0. The molecular formula is C33H37ClN2O5S. The second-order valence-corrected chi connectivity index (χ2v) is 12.1. The number of benzene rings is 3. The van der Waals surface area contributed by atoms with Crippen molar-refractivity contribution in [2.45, 2.75) is 28.7 Å². The van der Waals surface area contributed by atoms with Crippen molar-refractivity contribution in [2.75, 3.05) is 54.1 Å². The SMILES string of the molecule is COc1cccc([C@H](O)C2CCN(C(=O)CN(C)CCOC3=Cc4ccccc4Sc4ccc(Cl)cc43)CC2)c1OC. The smallest absolute Gasteiger partial charge is 0.236 e. The largest absolute Gasteiger partial charge is 0.493 e. The van der Waals surface area contributed by atoms with Gasteiger partial charge in [-0.1, -0.05) is 53.7 Å². The number of halogens is 1. The van der Waals surface area contributed by atoms with Crippen LogP contribution in [0.1, 0.15) is 35.6 Å². The lowest BCUT2D eigenvalue weighted by molar-refractivity contribution is -0.134. The summed E-state index contributed by atoms with van der Waals surface area (Å²) in [4.78, 5) is 19.2. The average Bonchev–Trinajstić information content (AvgIpc) is 3.16. The summed E-state index contributed by atoms with van der Waals surface area (Å²) in [5.41, 5.74) is 2.79. The summed E-state index contributed by atoms with van der Waals surface area (Å²) < 4.78 is 17.2. The van der Waals surface area contributed by atoms with E-state index in [0.717, 1.165) is 40.2 Å². The number of rotatable bonds is 10. The van der Waals surface area contributed by atoms with E-state index in [2.05, 4.69) is 18.2 Å². The normalized spacial score (nSPS) is 15.8. The van der Waals surface area contributed by atoms with E-state index in [4.69, 9.17) is 25.8 Å². The quantitative estimate of drug-likeness (QED) is 0.292. The number of aliphatic hydroxyl groups is 1. The third kappa shape index (κ3) is 6.89. The van der Waals surface area contributed by atoms with Crippen LogP contribution in [-0.4, -0.2) is 74.9 Å². The van der Waals surface area contributed by atoms with Gasteiger partial charge in [-0.05, 0) is 67.8 Å². The molecule has 0 saturated carbocycles. The lowest BCUT2D eigenvalue weighted by atomic mass is 9.87.